The number of benzene rings is 2. The fourth-order valence-corrected chi connectivity index (χ4v) is 3.64. The quantitative estimate of drug-likeness (QED) is 0.377. The van der Waals surface area contributed by atoms with Crippen LogP contribution < -0.4 is 25.0 Å². The number of ether oxygens (including phenoxy) is 2. The minimum Gasteiger partial charge on any atom is -0.490 e. The molecule has 7 heteroatoms. The minimum absolute atomic E-state index is 0. The van der Waals surface area contributed by atoms with Gasteiger partial charge in [-0.15, -0.1) is 24.0 Å². The number of hydrogen-bond acceptors (Lipinski definition) is 4. The second-order valence-corrected chi connectivity index (χ2v) is 7.17. The van der Waals surface area contributed by atoms with Gasteiger partial charge in [-0.05, 0) is 36.2 Å². The molecule has 2 heterocycles. The maximum atomic E-state index is 5.78. The van der Waals surface area contributed by atoms with Crippen molar-refractivity contribution in [1.82, 2.24) is 10.6 Å². The number of aliphatic imine (C=N–C) groups is 1. The molecular formula is C22H29IN4O2. The van der Waals surface area contributed by atoms with Gasteiger partial charge in [0.15, 0.2) is 17.5 Å². The van der Waals surface area contributed by atoms with E-state index in [4.69, 9.17) is 9.47 Å². The lowest BCUT2D eigenvalue weighted by Crippen LogP contribution is -2.44. The smallest absolute Gasteiger partial charge is 0.191 e. The van der Waals surface area contributed by atoms with Crippen LogP contribution in [0.15, 0.2) is 53.5 Å². The number of fused-ring (bicyclic) bond motifs is 1. The molecule has 0 radical (unpaired) electrons. The van der Waals surface area contributed by atoms with Crippen molar-refractivity contribution in [2.45, 2.75) is 25.4 Å². The predicted octanol–water partition coefficient (Wildman–Crippen LogP) is 3.41. The number of anilines is 1. The Hall–Kier alpha value is -2.16. The standard InChI is InChI=1S/C22H28N4O2.HI/c1-23-22(25-18-10-11-26(16-18)19-6-3-2-4-7-19)24-15-17-8-9-20-21(14-17)28-13-5-12-27-20;/h2-4,6-9,14,18H,5,10-13,15-16H2,1H3,(H2,23,24,25);1H. The van der Waals surface area contributed by atoms with E-state index in [1.165, 1.54) is 5.69 Å². The van der Waals surface area contributed by atoms with Crippen molar-refractivity contribution in [1.29, 1.82) is 0 Å². The van der Waals surface area contributed by atoms with E-state index in [1.54, 1.807) is 0 Å². The van der Waals surface area contributed by atoms with Gasteiger partial charge in [0.05, 0.1) is 13.2 Å². The molecular weight excluding hydrogens is 479 g/mol. The summed E-state index contributed by atoms with van der Waals surface area (Å²) >= 11 is 0. The van der Waals surface area contributed by atoms with Crippen molar-refractivity contribution >= 4 is 35.6 Å². The molecule has 6 nitrogen and oxygen atoms in total. The first-order valence-corrected chi connectivity index (χ1v) is 9.97. The van der Waals surface area contributed by atoms with E-state index in [-0.39, 0.29) is 24.0 Å². The first-order valence-electron chi connectivity index (χ1n) is 9.97. The molecule has 2 aliphatic rings. The third-order valence-electron chi connectivity index (χ3n) is 5.15. The Labute approximate surface area is 189 Å². The van der Waals surface area contributed by atoms with Gasteiger partial charge in [-0.3, -0.25) is 4.99 Å². The summed E-state index contributed by atoms with van der Waals surface area (Å²) in [7, 11) is 1.81. The number of guanidine groups is 1. The first-order chi connectivity index (χ1) is 13.8. The molecule has 156 valence electrons. The number of nitrogens with one attached hydrogen (secondary N) is 2. The Bertz CT molecular complexity index is 816. The molecule has 0 amide bonds. The van der Waals surface area contributed by atoms with E-state index in [0.29, 0.717) is 25.8 Å². The highest BCUT2D eigenvalue weighted by molar-refractivity contribution is 14.0. The molecule has 1 unspecified atom stereocenters. The van der Waals surface area contributed by atoms with Crippen molar-refractivity contribution in [2.75, 3.05) is 38.3 Å². The number of halogens is 1. The van der Waals surface area contributed by atoms with Crippen LogP contribution in [0, 0.1) is 0 Å². The second-order valence-electron chi connectivity index (χ2n) is 7.17. The van der Waals surface area contributed by atoms with E-state index in [9.17, 15) is 0 Å². The highest BCUT2D eigenvalue weighted by Gasteiger charge is 2.23. The summed E-state index contributed by atoms with van der Waals surface area (Å²) in [6, 6.07) is 17.1. The summed E-state index contributed by atoms with van der Waals surface area (Å²) in [5.74, 6) is 2.48. The Balaban J connectivity index is 0.00000240. The molecule has 0 spiro atoms. The second kappa shape index (κ2) is 10.6. The van der Waals surface area contributed by atoms with Crippen molar-refractivity contribution in [3.8, 4) is 11.5 Å². The molecule has 0 bridgehead atoms. The molecule has 2 aromatic carbocycles. The third-order valence-corrected chi connectivity index (χ3v) is 5.15. The minimum atomic E-state index is 0. The van der Waals surface area contributed by atoms with E-state index in [1.807, 2.05) is 19.2 Å². The molecule has 2 N–H and O–H groups in total. The maximum absolute atomic E-state index is 5.78. The van der Waals surface area contributed by atoms with Crippen molar-refractivity contribution in [2.24, 2.45) is 4.99 Å². The zero-order chi connectivity index (χ0) is 19.2. The molecule has 0 saturated carbocycles. The monoisotopic (exact) mass is 508 g/mol. The maximum Gasteiger partial charge on any atom is 0.191 e. The van der Waals surface area contributed by atoms with Crippen LogP contribution in [-0.4, -0.2) is 45.4 Å². The van der Waals surface area contributed by atoms with E-state index in [0.717, 1.165) is 49.0 Å². The topological polar surface area (TPSA) is 58.1 Å². The molecule has 29 heavy (non-hydrogen) atoms. The van der Waals surface area contributed by atoms with Gasteiger partial charge in [0.25, 0.3) is 0 Å². The molecule has 1 atom stereocenters. The summed E-state index contributed by atoms with van der Waals surface area (Å²) < 4.78 is 11.5. The fraction of sp³-hybridized carbons (Fsp3) is 0.409. The van der Waals surface area contributed by atoms with Gasteiger partial charge in [0.2, 0.25) is 0 Å². The Morgan fingerprint density at radius 3 is 2.69 bits per heavy atom. The van der Waals surface area contributed by atoms with Gasteiger partial charge in [-0.2, -0.15) is 0 Å². The van der Waals surface area contributed by atoms with E-state index >= 15 is 0 Å². The molecule has 2 aromatic rings. The largest absolute Gasteiger partial charge is 0.490 e. The number of para-hydroxylation sites is 1. The molecule has 1 saturated heterocycles. The lowest BCUT2D eigenvalue weighted by molar-refractivity contribution is 0.297. The molecule has 0 aliphatic carbocycles. The van der Waals surface area contributed by atoms with E-state index < -0.39 is 0 Å². The summed E-state index contributed by atoms with van der Waals surface area (Å²) in [4.78, 5) is 6.80. The first kappa shape index (κ1) is 21.5. The summed E-state index contributed by atoms with van der Waals surface area (Å²) in [5.41, 5.74) is 2.42. The molecule has 4 rings (SSSR count). The van der Waals surface area contributed by atoms with Crippen molar-refractivity contribution in [3.05, 3.63) is 54.1 Å². The lowest BCUT2D eigenvalue weighted by atomic mass is 10.2. The van der Waals surface area contributed by atoms with Crippen LogP contribution in [-0.2, 0) is 6.54 Å². The number of hydrogen-bond donors (Lipinski definition) is 2. The van der Waals surface area contributed by atoms with Crippen LogP contribution >= 0.6 is 24.0 Å². The van der Waals surface area contributed by atoms with Gasteiger partial charge in [-0.25, -0.2) is 0 Å². The Morgan fingerprint density at radius 1 is 1.10 bits per heavy atom. The summed E-state index contributed by atoms with van der Waals surface area (Å²) in [6.45, 7) is 4.14. The molecule has 2 aliphatic heterocycles. The van der Waals surface area contributed by atoms with E-state index in [2.05, 4.69) is 56.9 Å². The van der Waals surface area contributed by atoms with Crippen LogP contribution in [0.4, 0.5) is 5.69 Å². The third kappa shape index (κ3) is 5.68. The Morgan fingerprint density at radius 2 is 1.90 bits per heavy atom. The molecule has 1 fully saturated rings. The zero-order valence-electron chi connectivity index (χ0n) is 16.8. The van der Waals surface area contributed by atoms with Crippen LogP contribution in [0.1, 0.15) is 18.4 Å². The van der Waals surface area contributed by atoms with Crippen molar-refractivity contribution in [3.63, 3.8) is 0 Å². The van der Waals surface area contributed by atoms with Gasteiger partial charge in [0.1, 0.15) is 0 Å². The predicted molar refractivity (Wildman–Crippen MR) is 128 cm³/mol. The van der Waals surface area contributed by atoms with Crippen molar-refractivity contribution < 1.29 is 9.47 Å². The fourth-order valence-electron chi connectivity index (χ4n) is 3.64. The molecule has 0 aromatic heterocycles. The van der Waals surface area contributed by atoms with Gasteiger partial charge >= 0.3 is 0 Å². The van der Waals surface area contributed by atoms with Gasteiger partial charge in [-0.1, -0.05) is 24.3 Å². The number of nitrogens with zero attached hydrogens (tertiary/aromatic N) is 2. The number of rotatable bonds is 4. The lowest BCUT2D eigenvalue weighted by Gasteiger charge is -2.20. The van der Waals surface area contributed by atoms with Gasteiger partial charge < -0.3 is 25.0 Å². The van der Waals surface area contributed by atoms with Crippen LogP contribution in [0.3, 0.4) is 0 Å². The summed E-state index contributed by atoms with van der Waals surface area (Å²) in [6.07, 6.45) is 2.01. The highest BCUT2D eigenvalue weighted by Crippen LogP contribution is 2.30. The van der Waals surface area contributed by atoms with Crippen LogP contribution in [0.2, 0.25) is 0 Å². The zero-order valence-corrected chi connectivity index (χ0v) is 19.1. The average Bonchev–Trinajstić information content (AvgIpc) is 3.08. The van der Waals surface area contributed by atoms with Gasteiger partial charge in [0, 0.05) is 44.8 Å². The summed E-state index contributed by atoms with van der Waals surface area (Å²) in [5, 5.41) is 6.96. The highest BCUT2D eigenvalue weighted by atomic mass is 127. The average molecular weight is 508 g/mol. The van der Waals surface area contributed by atoms with Crippen LogP contribution in [0.25, 0.3) is 0 Å². The Kier molecular flexibility index (Phi) is 7.85. The van der Waals surface area contributed by atoms with Crippen LogP contribution in [0.5, 0.6) is 11.5 Å². The normalized spacial score (nSPS) is 18.6. The SMILES string of the molecule is CN=C(NCc1ccc2c(c1)OCCCO2)NC1CCN(c2ccccc2)C1.I.